The first-order valence-corrected chi connectivity index (χ1v) is 0. The molecular weight excluding hydrogens is 184 g/mol. The van der Waals surface area contributed by atoms with E-state index in [1.54, 1.807) is 0 Å². The number of halogens is 1. The van der Waals surface area contributed by atoms with Crippen LogP contribution in [0.2, 0.25) is 0 Å². The summed E-state index contributed by atoms with van der Waals surface area (Å²) in [7, 11) is 0. The van der Waals surface area contributed by atoms with Gasteiger partial charge < -0.3 is 24.8 Å². The van der Waals surface area contributed by atoms with Gasteiger partial charge in [0, 0.05) is 0 Å². The van der Waals surface area contributed by atoms with Gasteiger partial charge in [0.2, 0.25) is 0 Å². The summed E-state index contributed by atoms with van der Waals surface area (Å²) in [6.45, 7) is 0. The standard InChI is InChI=1S/BrH.Ca.4H2O.2H/h1H;;4*1H2;;/q;+2;;;;;2*-1. The minimum atomic E-state index is 0. The van der Waals surface area contributed by atoms with E-state index >= 15 is 0 Å². The zero-order valence-corrected chi connectivity index (χ0v) is 7.04. The van der Waals surface area contributed by atoms with Crippen LogP contribution in [0.25, 0.3) is 0 Å². The summed E-state index contributed by atoms with van der Waals surface area (Å²) >= 11 is 0. The number of hydrogen-bond donors (Lipinski definition) is 0. The van der Waals surface area contributed by atoms with Crippen LogP contribution in [0.5, 0.6) is 0 Å². The van der Waals surface area contributed by atoms with Crippen molar-refractivity contribution in [3.8, 4) is 0 Å². The fourth-order valence-corrected chi connectivity index (χ4v) is 0. The zero-order valence-electron chi connectivity index (χ0n) is 5.12. The Balaban J connectivity index is 0. The van der Waals surface area contributed by atoms with Crippen LogP contribution in [-0.4, -0.2) is 59.6 Å². The third-order valence-electron chi connectivity index (χ3n) is 0. The van der Waals surface area contributed by atoms with Gasteiger partial charge in [-0.05, 0) is 0 Å². The van der Waals surface area contributed by atoms with Crippen LogP contribution >= 0.6 is 17.0 Å². The van der Waals surface area contributed by atoms with Crippen molar-refractivity contribution in [2.45, 2.75) is 0 Å². The van der Waals surface area contributed by atoms with Crippen molar-refractivity contribution in [1.29, 1.82) is 0 Å². The molecule has 0 bridgehead atoms. The van der Waals surface area contributed by atoms with Gasteiger partial charge >= 0.3 is 37.7 Å². The van der Waals surface area contributed by atoms with Gasteiger partial charge in [-0.15, -0.1) is 17.0 Å². The molecule has 4 nitrogen and oxygen atoms in total. The van der Waals surface area contributed by atoms with Crippen LogP contribution in [0, 0.1) is 0 Å². The van der Waals surface area contributed by atoms with Crippen LogP contribution < -0.4 is 0 Å². The van der Waals surface area contributed by atoms with E-state index < -0.39 is 0 Å². The van der Waals surface area contributed by atoms with Crippen molar-refractivity contribution < 1.29 is 24.8 Å². The van der Waals surface area contributed by atoms with Gasteiger partial charge in [0.1, 0.15) is 0 Å². The molecule has 0 rings (SSSR count). The molecule has 0 fully saturated rings. The summed E-state index contributed by atoms with van der Waals surface area (Å²) in [4.78, 5) is 0. The van der Waals surface area contributed by atoms with Crippen LogP contribution in [0.15, 0.2) is 0 Å². The molecule has 0 saturated carbocycles. The number of hydrogen-bond acceptors (Lipinski definition) is 0. The Morgan fingerprint density at radius 2 is 0.667 bits per heavy atom. The Labute approximate surface area is 78.9 Å². The van der Waals surface area contributed by atoms with E-state index in [2.05, 4.69) is 0 Å². The van der Waals surface area contributed by atoms with Crippen molar-refractivity contribution in [3.05, 3.63) is 0 Å². The van der Waals surface area contributed by atoms with Crippen molar-refractivity contribution in [3.63, 3.8) is 0 Å². The Bertz CT molecular complexity index is 14.0. The van der Waals surface area contributed by atoms with Crippen LogP contribution in [0.1, 0.15) is 2.85 Å². The second-order valence-electron chi connectivity index (χ2n) is 0. The van der Waals surface area contributed by atoms with Gasteiger partial charge in [-0.3, -0.25) is 0 Å². The van der Waals surface area contributed by atoms with Gasteiger partial charge in [-0.2, -0.15) is 0 Å². The first-order chi connectivity index (χ1) is 0. The second-order valence-corrected chi connectivity index (χ2v) is 0. The van der Waals surface area contributed by atoms with Crippen LogP contribution in [0.3, 0.4) is 0 Å². The minimum Gasteiger partial charge on any atom is -1.00 e. The Morgan fingerprint density at radius 3 is 0.667 bits per heavy atom. The van der Waals surface area contributed by atoms with Gasteiger partial charge in [-0.25, -0.2) is 0 Å². The summed E-state index contributed by atoms with van der Waals surface area (Å²) in [6.07, 6.45) is 0. The summed E-state index contributed by atoms with van der Waals surface area (Å²) in [5.41, 5.74) is 0. The molecule has 0 amide bonds. The second kappa shape index (κ2) is 82.1. The molecule has 44 valence electrons. The molecule has 0 aliphatic heterocycles. The largest absolute Gasteiger partial charge is 2.00 e. The fraction of sp³-hybridized carbons (Fsp3) is 0. The Hall–Kier alpha value is 1.58. The van der Waals surface area contributed by atoms with Crippen LogP contribution in [0.4, 0.5) is 0 Å². The normalized spacial score (nSPS) is 0. The molecule has 0 radical (unpaired) electrons. The maximum Gasteiger partial charge on any atom is 2.00 e. The topological polar surface area (TPSA) is 126 Å². The first kappa shape index (κ1) is 131. The average molecular weight is 195 g/mol. The van der Waals surface area contributed by atoms with E-state index in [0.29, 0.717) is 0 Å². The van der Waals surface area contributed by atoms with Crippen molar-refractivity contribution >= 4 is 54.7 Å². The smallest absolute Gasteiger partial charge is 1.00 e. The Morgan fingerprint density at radius 1 is 0.667 bits per heavy atom. The van der Waals surface area contributed by atoms with Gasteiger partial charge in [-0.1, -0.05) is 0 Å². The molecule has 0 spiro atoms. The summed E-state index contributed by atoms with van der Waals surface area (Å²) < 4.78 is 0. The van der Waals surface area contributed by atoms with Crippen LogP contribution in [-0.2, 0) is 0 Å². The third-order valence-corrected chi connectivity index (χ3v) is 0. The molecule has 0 heterocycles. The summed E-state index contributed by atoms with van der Waals surface area (Å²) in [5, 5.41) is 0. The molecule has 6 heavy (non-hydrogen) atoms. The molecule has 0 aromatic carbocycles. The SMILES string of the molecule is Br.O.O.O.O.[Ca+2].[H-].[H-]. The summed E-state index contributed by atoms with van der Waals surface area (Å²) in [6, 6.07) is 0. The molecule has 0 unspecified atom stereocenters. The van der Waals surface area contributed by atoms with E-state index in [0.717, 1.165) is 0 Å². The van der Waals surface area contributed by atoms with E-state index in [-0.39, 0.29) is 79.5 Å². The van der Waals surface area contributed by atoms with Crippen molar-refractivity contribution in [2.75, 3.05) is 0 Å². The van der Waals surface area contributed by atoms with E-state index in [1.807, 2.05) is 0 Å². The molecule has 0 aromatic heterocycles. The minimum absolute atomic E-state index is 0. The monoisotopic (exact) mass is 194 g/mol. The predicted octanol–water partition coefficient (Wildman–Crippen LogP) is -2.88. The fourth-order valence-electron chi connectivity index (χ4n) is 0. The van der Waals surface area contributed by atoms with Crippen molar-refractivity contribution in [2.24, 2.45) is 0 Å². The third kappa shape index (κ3) is 46.9. The van der Waals surface area contributed by atoms with Crippen molar-refractivity contribution in [1.82, 2.24) is 0 Å². The molecule has 0 aliphatic carbocycles. The molecule has 0 aromatic rings. The molecular formula is H11BrCaO4. The maximum absolute atomic E-state index is 0. The molecule has 0 saturated heterocycles. The maximum atomic E-state index is 0. The zero-order chi connectivity index (χ0) is 0. The first-order valence-electron chi connectivity index (χ1n) is 0. The van der Waals surface area contributed by atoms with Gasteiger partial charge in [0.05, 0.1) is 0 Å². The van der Waals surface area contributed by atoms with E-state index in [1.165, 1.54) is 0 Å². The number of rotatable bonds is 0. The van der Waals surface area contributed by atoms with Gasteiger partial charge in [0.15, 0.2) is 0 Å². The molecule has 6 heteroatoms. The van der Waals surface area contributed by atoms with E-state index in [9.17, 15) is 0 Å². The molecule has 8 N–H and O–H groups in total. The van der Waals surface area contributed by atoms with Gasteiger partial charge in [0.25, 0.3) is 0 Å². The molecule has 0 aliphatic rings. The summed E-state index contributed by atoms with van der Waals surface area (Å²) in [5.74, 6) is 0. The molecule has 0 atom stereocenters. The van der Waals surface area contributed by atoms with E-state index in [4.69, 9.17) is 0 Å². The predicted molar refractivity (Wildman–Crippen MR) is 32.8 cm³/mol. The average Bonchev–Trinajstić information content (AvgIpc) is 0. The quantitative estimate of drug-likeness (QED) is 0.368. The Kier molecular flexibility index (Phi) is 1800.